The fourth-order valence-corrected chi connectivity index (χ4v) is 3.02. The second kappa shape index (κ2) is 6.28. The second-order valence-electron chi connectivity index (χ2n) is 6.75. The number of piperidine rings is 1. The van der Waals surface area contributed by atoms with Crippen LogP contribution in [0.3, 0.4) is 0 Å². The van der Waals surface area contributed by atoms with Crippen LogP contribution in [-0.4, -0.2) is 35.2 Å². The SMILES string of the molecule is Cc1noc2nc(C(C)C)cc(C(=O)NC3CNCCC3C)c12. The second-order valence-corrected chi connectivity index (χ2v) is 6.75. The van der Waals surface area contributed by atoms with E-state index >= 15 is 0 Å². The molecule has 2 aromatic heterocycles. The third-order valence-electron chi connectivity index (χ3n) is 4.62. The van der Waals surface area contributed by atoms with Gasteiger partial charge in [0.2, 0.25) is 0 Å². The summed E-state index contributed by atoms with van der Waals surface area (Å²) in [4.78, 5) is 17.3. The van der Waals surface area contributed by atoms with Crippen molar-refractivity contribution < 1.29 is 9.32 Å². The molecule has 2 aromatic rings. The molecular formula is C17H24N4O2. The predicted octanol–water partition coefficient (Wildman–Crippen LogP) is 2.38. The summed E-state index contributed by atoms with van der Waals surface area (Å²) in [6, 6.07) is 2.01. The maximum absolute atomic E-state index is 12.9. The molecule has 1 aliphatic rings. The van der Waals surface area contributed by atoms with Crippen molar-refractivity contribution in [2.45, 2.75) is 46.1 Å². The van der Waals surface area contributed by atoms with E-state index in [2.05, 4.69) is 27.7 Å². The van der Waals surface area contributed by atoms with Gasteiger partial charge in [-0.25, -0.2) is 4.98 Å². The van der Waals surface area contributed by atoms with Gasteiger partial charge in [-0.3, -0.25) is 4.79 Å². The Morgan fingerprint density at radius 2 is 2.26 bits per heavy atom. The molecule has 2 unspecified atom stereocenters. The normalized spacial score (nSPS) is 21.8. The van der Waals surface area contributed by atoms with Gasteiger partial charge in [-0.15, -0.1) is 0 Å². The first kappa shape index (κ1) is 15.9. The summed E-state index contributed by atoms with van der Waals surface area (Å²) in [6.45, 7) is 9.93. The van der Waals surface area contributed by atoms with Crippen LogP contribution in [0.1, 0.15) is 54.9 Å². The van der Waals surface area contributed by atoms with E-state index in [-0.39, 0.29) is 17.9 Å². The number of nitrogens with one attached hydrogen (secondary N) is 2. The number of amides is 1. The standard InChI is InChI=1S/C17H24N4O2/c1-9(2)13-7-12(15-11(4)21-23-17(15)20-13)16(22)19-14-8-18-6-5-10(14)3/h7,9-10,14,18H,5-6,8H2,1-4H3,(H,19,22). The number of nitrogens with zero attached hydrogens (tertiary/aromatic N) is 2. The van der Waals surface area contributed by atoms with Crippen LogP contribution in [-0.2, 0) is 0 Å². The van der Waals surface area contributed by atoms with Gasteiger partial charge in [0.25, 0.3) is 11.6 Å². The third kappa shape index (κ3) is 3.08. The molecule has 23 heavy (non-hydrogen) atoms. The first-order chi connectivity index (χ1) is 11.0. The highest BCUT2D eigenvalue weighted by Crippen LogP contribution is 2.25. The lowest BCUT2D eigenvalue weighted by atomic mass is 9.94. The van der Waals surface area contributed by atoms with Gasteiger partial charge in [-0.2, -0.15) is 0 Å². The molecule has 1 amide bonds. The van der Waals surface area contributed by atoms with Crippen molar-refractivity contribution >= 4 is 17.0 Å². The van der Waals surface area contributed by atoms with Crippen LogP contribution in [0.5, 0.6) is 0 Å². The molecule has 1 fully saturated rings. The monoisotopic (exact) mass is 316 g/mol. The van der Waals surface area contributed by atoms with Crippen molar-refractivity contribution in [3.8, 4) is 0 Å². The zero-order valence-electron chi connectivity index (χ0n) is 14.1. The molecule has 0 aliphatic carbocycles. The molecule has 0 spiro atoms. The minimum atomic E-state index is -0.0776. The minimum Gasteiger partial charge on any atom is -0.348 e. The van der Waals surface area contributed by atoms with E-state index < -0.39 is 0 Å². The van der Waals surface area contributed by atoms with Gasteiger partial charge in [-0.05, 0) is 37.8 Å². The average molecular weight is 316 g/mol. The Morgan fingerprint density at radius 1 is 1.48 bits per heavy atom. The van der Waals surface area contributed by atoms with Gasteiger partial charge in [0, 0.05) is 18.3 Å². The van der Waals surface area contributed by atoms with Gasteiger partial charge in [0.05, 0.1) is 16.6 Å². The molecule has 3 heterocycles. The van der Waals surface area contributed by atoms with Crippen molar-refractivity contribution in [3.63, 3.8) is 0 Å². The summed E-state index contributed by atoms with van der Waals surface area (Å²) in [5, 5.41) is 11.2. The average Bonchev–Trinajstić information content (AvgIpc) is 2.90. The van der Waals surface area contributed by atoms with Crippen molar-refractivity contribution in [1.82, 2.24) is 20.8 Å². The first-order valence-corrected chi connectivity index (χ1v) is 8.26. The number of aromatic nitrogens is 2. The predicted molar refractivity (Wildman–Crippen MR) is 88.5 cm³/mol. The van der Waals surface area contributed by atoms with Crippen molar-refractivity contribution in [2.24, 2.45) is 5.92 Å². The molecule has 2 atom stereocenters. The number of hydrogen-bond acceptors (Lipinski definition) is 5. The maximum Gasteiger partial charge on any atom is 0.259 e. The highest BCUT2D eigenvalue weighted by molar-refractivity contribution is 6.06. The molecule has 6 heteroatoms. The molecule has 3 rings (SSSR count). The van der Waals surface area contributed by atoms with E-state index in [1.165, 1.54) is 0 Å². The Hall–Kier alpha value is -1.95. The fraction of sp³-hybridized carbons (Fsp3) is 0.588. The van der Waals surface area contributed by atoms with Crippen LogP contribution in [0.4, 0.5) is 0 Å². The Morgan fingerprint density at radius 3 is 2.96 bits per heavy atom. The van der Waals surface area contributed by atoms with Gasteiger partial charge >= 0.3 is 0 Å². The largest absolute Gasteiger partial charge is 0.348 e. The van der Waals surface area contributed by atoms with Crippen molar-refractivity contribution in [2.75, 3.05) is 13.1 Å². The molecule has 1 saturated heterocycles. The lowest BCUT2D eigenvalue weighted by molar-refractivity contribution is 0.0916. The van der Waals surface area contributed by atoms with E-state index in [0.717, 1.165) is 25.2 Å². The molecule has 0 bridgehead atoms. The molecule has 0 aromatic carbocycles. The molecule has 6 nitrogen and oxygen atoms in total. The molecular weight excluding hydrogens is 292 g/mol. The van der Waals surface area contributed by atoms with Gasteiger partial charge in [0.1, 0.15) is 0 Å². The van der Waals surface area contributed by atoms with Crippen LogP contribution in [0, 0.1) is 12.8 Å². The zero-order valence-corrected chi connectivity index (χ0v) is 14.1. The molecule has 124 valence electrons. The van der Waals surface area contributed by atoms with Crippen LogP contribution < -0.4 is 10.6 Å². The smallest absolute Gasteiger partial charge is 0.259 e. The number of carbonyl (C=O) groups excluding carboxylic acids is 1. The van der Waals surface area contributed by atoms with E-state index in [9.17, 15) is 4.79 Å². The van der Waals surface area contributed by atoms with Crippen LogP contribution in [0.25, 0.3) is 11.1 Å². The summed E-state index contributed by atoms with van der Waals surface area (Å²) < 4.78 is 5.29. The zero-order chi connectivity index (χ0) is 16.6. The Labute approximate surface area is 136 Å². The third-order valence-corrected chi connectivity index (χ3v) is 4.62. The summed E-state index contributed by atoms with van der Waals surface area (Å²) >= 11 is 0. The van der Waals surface area contributed by atoms with Crippen LogP contribution in [0.15, 0.2) is 10.6 Å². The minimum absolute atomic E-state index is 0.0776. The highest BCUT2D eigenvalue weighted by Gasteiger charge is 2.25. The Balaban J connectivity index is 1.96. The number of rotatable bonds is 3. The lowest BCUT2D eigenvalue weighted by Gasteiger charge is -2.30. The molecule has 0 saturated carbocycles. The summed E-state index contributed by atoms with van der Waals surface area (Å²) in [5.74, 6) is 0.600. The maximum atomic E-state index is 12.9. The van der Waals surface area contributed by atoms with Crippen molar-refractivity contribution in [3.05, 3.63) is 23.0 Å². The topological polar surface area (TPSA) is 80.0 Å². The van der Waals surface area contributed by atoms with E-state index in [1.807, 2.05) is 26.8 Å². The summed E-state index contributed by atoms with van der Waals surface area (Å²) in [6.07, 6.45) is 1.07. The van der Waals surface area contributed by atoms with Gasteiger partial charge < -0.3 is 15.2 Å². The number of fused-ring (bicyclic) bond motifs is 1. The van der Waals surface area contributed by atoms with Gasteiger partial charge in [-0.1, -0.05) is 25.9 Å². The molecule has 2 N–H and O–H groups in total. The highest BCUT2D eigenvalue weighted by atomic mass is 16.5. The van der Waals surface area contributed by atoms with E-state index in [0.29, 0.717) is 28.3 Å². The first-order valence-electron chi connectivity index (χ1n) is 8.26. The molecule has 1 aliphatic heterocycles. The molecule has 0 radical (unpaired) electrons. The van der Waals surface area contributed by atoms with Gasteiger partial charge in [0.15, 0.2) is 0 Å². The number of hydrogen-bond donors (Lipinski definition) is 2. The number of pyridine rings is 1. The quantitative estimate of drug-likeness (QED) is 0.909. The van der Waals surface area contributed by atoms with Crippen LogP contribution in [0.2, 0.25) is 0 Å². The van der Waals surface area contributed by atoms with Crippen molar-refractivity contribution in [1.29, 1.82) is 0 Å². The van der Waals surface area contributed by atoms with Crippen LogP contribution >= 0.6 is 0 Å². The number of aryl methyl sites for hydroxylation is 1. The summed E-state index contributed by atoms with van der Waals surface area (Å²) in [5.41, 5.74) is 2.58. The Kier molecular flexibility index (Phi) is 4.35. The van der Waals surface area contributed by atoms with E-state index in [1.54, 1.807) is 0 Å². The lowest BCUT2D eigenvalue weighted by Crippen LogP contribution is -2.50. The Bertz CT molecular complexity index is 723. The summed E-state index contributed by atoms with van der Waals surface area (Å²) in [7, 11) is 0. The van der Waals surface area contributed by atoms with E-state index in [4.69, 9.17) is 4.52 Å². The fourth-order valence-electron chi connectivity index (χ4n) is 3.02. The number of carbonyl (C=O) groups is 1.